The third-order valence-corrected chi connectivity index (χ3v) is 7.91. The normalized spacial score (nSPS) is 13.4. The molecule has 0 radical (unpaired) electrons. The van der Waals surface area contributed by atoms with Gasteiger partial charge < -0.3 is 10.6 Å². The van der Waals surface area contributed by atoms with Gasteiger partial charge >= 0.3 is 0 Å². The van der Waals surface area contributed by atoms with Crippen molar-refractivity contribution in [2.45, 2.75) is 57.5 Å². The minimum Gasteiger partial charge on any atom is -0.326 e. The molecule has 0 unspecified atom stereocenters. The fourth-order valence-electron chi connectivity index (χ4n) is 4.30. The van der Waals surface area contributed by atoms with E-state index < -0.39 is 0 Å². The number of carbonyl (C=O) groups is 2. The number of anilines is 2. The minimum atomic E-state index is -0.137. The van der Waals surface area contributed by atoms with Gasteiger partial charge in [-0.2, -0.15) is 0 Å². The zero-order valence-electron chi connectivity index (χ0n) is 19.3. The molecule has 1 aliphatic rings. The maximum Gasteiger partial charge on any atom is 0.234 e. The highest BCUT2D eigenvalue weighted by Crippen LogP contribution is 2.39. The molecular weight excluding hydrogens is 468 g/mol. The Bertz CT molecular complexity index is 1390. The fourth-order valence-corrected chi connectivity index (χ4v) is 6.30. The van der Waals surface area contributed by atoms with Gasteiger partial charge in [-0.3, -0.25) is 14.0 Å². The number of thiophene rings is 1. The van der Waals surface area contributed by atoms with Crippen LogP contribution in [-0.2, 0) is 22.4 Å². The Labute approximate surface area is 205 Å². The van der Waals surface area contributed by atoms with Crippen LogP contribution in [0, 0.1) is 0 Å². The van der Waals surface area contributed by atoms with E-state index >= 15 is 0 Å². The van der Waals surface area contributed by atoms with E-state index in [0.29, 0.717) is 16.5 Å². The summed E-state index contributed by atoms with van der Waals surface area (Å²) in [6.07, 6.45) is 4.60. The SMILES string of the molecule is CC(=O)Nc1ccc(NC(=O)CSc2nnc3c4c5c(sc4nc(C(C)C)n23)CCCC5)cc1. The number of fused-ring (bicyclic) bond motifs is 5. The fraction of sp³-hybridized carbons (Fsp3) is 0.375. The Morgan fingerprint density at radius 2 is 1.79 bits per heavy atom. The Morgan fingerprint density at radius 3 is 2.50 bits per heavy atom. The zero-order chi connectivity index (χ0) is 23.8. The number of hydrogen-bond donors (Lipinski definition) is 2. The van der Waals surface area contributed by atoms with Crippen LogP contribution >= 0.6 is 23.1 Å². The van der Waals surface area contributed by atoms with Crippen LogP contribution in [0.25, 0.3) is 15.9 Å². The second-order valence-electron chi connectivity index (χ2n) is 8.75. The van der Waals surface area contributed by atoms with Crippen molar-refractivity contribution in [1.82, 2.24) is 19.6 Å². The van der Waals surface area contributed by atoms with Gasteiger partial charge in [0.2, 0.25) is 11.8 Å². The van der Waals surface area contributed by atoms with E-state index in [0.717, 1.165) is 34.5 Å². The average molecular weight is 495 g/mol. The molecule has 2 N–H and O–H groups in total. The third-order valence-electron chi connectivity index (χ3n) is 5.79. The number of hydrogen-bond acceptors (Lipinski definition) is 7. The lowest BCUT2D eigenvalue weighted by molar-refractivity contribution is -0.114. The van der Waals surface area contributed by atoms with Crippen molar-refractivity contribution in [2.24, 2.45) is 0 Å². The van der Waals surface area contributed by atoms with E-state index in [1.165, 1.54) is 42.0 Å². The lowest BCUT2D eigenvalue weighted by Crippen LogP contribution is -2.15. The van der Waals surface area contributed by atoms with E-state index in [1.54, 1.807) is 35.6 Å². The first-order valence-corrected chi connectivity index (χ1v) is 13.2. The number of carbonyl (C=O) groups excluding carboxylic acids is 2. The predicted octanol–water partition coefficient (Wildman–Crippen LogP) is 5.03. The van der Waals surface area contributed by atoms with Gasteiger partial charge in [-0.15, -0.1) is 21.5 Å². The van der Waals surface area contributed by atoms with Crippen LogP contribution < -0.4 is 10.6 Å². The van der Waals surface area contributed by atoms with Crippen LogP contribution in [0.4, 0.5) is 11.4 Å². The van der Waals surface area contributed by atoms with Gasteiger partial charge in [0.1, 0.15) is 10.7 Å². The Hall–Kier alpha value is -2.98. The van der Waals surface area contributed by atoms with E-state index in [4.69, 9.17) is 4.98 Å². The highest BCUT2D eigenvalue weighted by atomic mass is 32.2. The Kier molecular flexibility index (Phi) is 6.26. The second-order valence-corrected chi connectivity index (χ2v) is 10.8. The quantitative estimate of drug-likeness (QED) is 0.365. The molecule has 3 aromatic heterocycles. The molecule has 1 aliphatic carbocycles. The number of aromatic nitrogens is 4. The number of amides is 2. The standard InChI is InChI=1S/C24H26N6O2S2/c1-13(2)21-27-23-20(17-6-4-5-7-18(17)34-23)22-28-29-24(30(21)22)33-12-19(32)26-16-10-8-15(9-11-16)25-14(3)31/h8-11,13H,4-7,12H2,1-3H3,(H,25,31)(H,26,32). The summed E-state index contributed by atoms with van der Waals surface area (Å²) >= 11 is 3.15. The van der Waals surface area contributed by atoms with Crippen molar-refractivity contribution >= 4 is 62.2 Å². The maximum atomic E-state index is 12.6. The van der Waals surface area contributed by atoms with Crippen molar-refractivity contribution in [3.05, 3.63) is 40.5 Å². The van der Waals surface area contributed by atoms with Gasteiger partial charge in [-0.05, 0) is 55.5 Å². The summed E-state index contributed by atoms with van der Waals surface area (Å²) in [6, 6.07) is 7.03. The summed E-state index contributed by atoms with van der Waals surface area (Å²) in [7, 11) is 0. The molecule has 1 aromatic carbocycles. The van der Waals surface area contributed by atoms with Gasteiger partial charge in [0.05, 0.1) is 11.1 Å². The predicted molar refractivity (Wildman–Crippen MR) is 137 cm³/mol. The van der Waals surface area contributed by atoms with Crippen molar-refractivity contribution in [3.8, 4) is 0 Å². The molecule has 0 aliphatic heterocycles. The largest absolute Gasteiger partial charge is 0.326 e. The van der Waals surface area contributed by atoms with Crippen LogP contribution in [0.1, 0.15) is 55.8 Å². The average Bonchev–Trinajstić information content (AvgIpc) is 3.39. The van der Waals surface area contributed by atoms with Gasteiger partial charge in [0.15, 0.2) is 10.8 Å². The van der Waals surface area contributed by atoms with E-state index in [-0.39, 0.29) is 23.5 Å². The topological polar surface area (TPSA) is 101 Å². The smallest absolute Gasteiger partial charge is 0.234 e. The van der Waals surface area contributed by atoms with Gasteiger partial charge in [0.25, 0.3) is 0 Å². The minimum absolute atomic E-state index is 0.135. The van der Waals surface area contributed by atoms with E-state index in [2.05, 4.69) is 34.7 Å². The molecule has 5 rings (SSSR count). The third kappa shape index (κ3) is 4.39. The maximum absolute atomic E-state index is 12.6. The lowest BCUT2D eigenvalue weighted by Gasteiger charge is -2.12. The summed E-state index contributed by atoms with van der Waals surface area (Å²) in [5.41, 5.74) is 3.58. The van der Waals surface area contributed by atoms with Gasteiger partial charge in [-0.25, -0.2) is 4.98 Å². The highest BCUT2D eigenvalue weighted by Gasteiger charge is 2.24. The molecule has 4 aromatic rings. The molecule has 0 saturated heterocycles. The summed E-state index contributed by atoms with van der Waals surface area (Å²) in [5, 5.41) is 16.4. The number of benzene rings is 1. The van der Waals surface area contributed by atoms with Crippen molar-refractivity contribution in [1.29, 1.82) is 0 Å². The monoisotopic (exact) mass is 494 g/mol. The second kappa shape index (κ2) is 9.34. The molecule has 3 heterocycles. The van der Waals surface area contributed by atoms with Crippen molar-refractivity contribution in [3.63, 3.8) is 0 Å². The molecule has 0 bridgehead atoms. The Balaban J connectivity index is 1.38. The number of nitrogens with zero attached hydrogens (tertiary/aromatic N) is 4. The van der Waals surface area contributed by atoms with Crippen molar-refractivity contribution < 1.29 is 9.59 Å². The Morgan fingerprint density at radius 1 is 1.09 bits per heavy atom. The number of thioether (sulfide) groups is 1. The zero-order valence-corrected chi connectivity index (χ0v) is 21.0. The van der Waals surface area contributed by atoms with Crippen LogP contribution in [0.15, 0.2) is 29.4 Å². The summed E-state index contributed by atoms with van der Waals surface area (Å²) < 4.78 is 2.04. The first-order chi connectivity index (χ1) is 16.4. The van der Waals surface area contributed by atoms with Gasteiger partial charge in [-0.1, -0.05) is 25.6 Å². The summed E-state index contributed by atoms with van der Waals surface area (Å²) in [5.74, 6) is 1.04. The molecule has 176 valence electrons. The molecule has 0 fully saturated rings. The lowest BCUT2D eigenvalue weighted by atomic mass is 9.97. The molecule has 2 amide bonds. The molecule has 10 heteroatoms. The van der Waals surface area contributed by atoms with Crippen LogP contribution in [0.3, 0.4) is 0 Å². The first kappa shape index (κ1) is 22.8. The first-order valence-electron chi connectivity index (χ1n) is 11.4. The molecule has 0 spiro atoms. The molecular formula is C24H26N6O2S2. The highest BCUT2D eigenvalue weighted by molar-refractivity contribution is 7.99. The van der Waals surface area contributed by atoms with E-state index in [9.17, 15) is 9.59 Å². The molecule has 0 saturated carbocycles. The number of aryl methyl sites for hydroxylation is 2. The van der Waals surface area contributed by atoms with Crippen LogP contribution in [0.2, 0.25) is 0 Å². The van der Waals surface area contributed by atoms with E-state index in [1.807, 2.05) is 4.40 Å². The number of rotatable bonds is 6. The van der Waals surface area contributed by atoms with Crippen molar-refractivity contribution in [2.75, 3.05) is 16.4 Å². The van der Waals surface area contributed by atoms with Crippen LogP contribution in [-0.4, -0.2) is 37.1 Å². The van der Waals surface area contributed by atoms with Crippen LogP contribution in [0.5, 0.6) is 0 Å². The molecule has 0 atom stereocenters. The summed E-state index contributed by atoms with van der Waals surface area (Å²) in [4.78, 5) is 31.3. The van der Waals surface area contributed by atoms with Gasteiger partial charge in [0, 0.05) is 29.1 Å². The number of nitrogens with one attached hydrogen (secondary N) is 2. The molecule has 8 nitrogen and oxygen atoms in total. The molecule has 34 heavy (non-hydrogen) atoms. The summed E-state index contributed by atoms with van der Waals surface area (Å²) in [6.45, 7) is 5.69.